The van der Waals surface area contributed by atoms with E-state index >= 15 is 0 Å². The third-order valence-electron chi connectivity index (χ3n) is 4.29. The van der Waals surface area contributed by atoms with Gasteiger partial charge in [-0.15, -0.1) is 0 Å². The van der Waals surface area contributed by atoms with E-state index in [0.29, 0.717) is 12.1 Å². The summed E-state index contributed by atoms with van der Waals surface area (Å²) in [5.41, 5.74) is 0. The van der Waals surface area contributed by atoms with E-state index in [1.54, 1.807) is 0 Å². The summed E-state index contributed by atoms with van der Waals surface area (Å²) in [5, 5.41) is 3.59. The van der Waals surface area contributed by atoms with Gasteiger partial charge in [-0.25, -0.2) is 0 Å². The van der Waals surface area contributed by atoms with E-state index in [0.717, 1.165) is 6.04 Å². The van der Waals surface area contributed by atoms with Gasteiger partial charge in [-0.05, 0) is 60.2 Å². The predicted octanol–water partition coefficient (Wildman–Crippen LogP) is 2.18. The lowest BCUT2D eigenvalue weighted by molar-refractivity contribution is 0.127. The molecule has 108 valence electrons. The first-order valence-electron chi connectivity index (χ1n) is 7.72. The van der Waals surface area contributed by atoms with Crippen LogP contribution in [0.25, 0.3) is 0 Å². The third-order valence-corrected chi connectivity index (χ3v) is 4.29. The van der Waals surface area contributed by atoms with Crippen LogP contribution in [0.1, 0.15) is 47.0 Å². The topological polar surface area (TPSA) is 18.5 Å². The van der Waals surface area contributed by atoms with E-state index in [1.807, 2.05) is 0 Å². The predicted molar refractivity (Wildman–Crippen MR) is 80.1 cm³/mol. The van der Waals surface area contributed by atoms with Crippen molar-refractivity contribution >= 4 is 0 Å². The van der Waals surface area contributed by atoms with Gasteiger partial charge >= 0.3 is 0 Å². The van der Waals surface area contributed by atoms with Gasteiger partial charge in [0.1, 0.15) is 0 Å². The minimum atomic E-state index is 0.658. The molecule has 18 heavy (non-hydrogen) atoms. The second-order valence-corrected chi connectivity index (χ2v) is 6.15. The molecule has 2 unspecified atom stereocenters. The number of rotatable bonds is 7. The minimum Gasteiger partial charge on any atom is -0.311 e. The Bertz CT molecular complexity index is 218. The molecule has 0 amide bonds. The monoisotopic (exact) mass is 255 g/mol. The van der Waals surface area contributed by atoms with Gasteiger partial charge in [0, 0.05) is 31.2 Å². The molecule has 3 nitrogen and oxygen atoms in total. The van der Waals surface area contributed by atoms with Gasteiger partial charge in [0.05, 0.1) is 0 Å². The number of piperazine rings is 1. The molecule has 0 radical (unpaired) electrons. The first kappa shape index (κ1) is 15.9. The summed E-state index contributed by atoms with van der Waals surface area (Å²) in [5.74, 6) is 0. The Morgan fingerprint density at radius 3 is 2.67 bits per heavy atom. The number of hydrogen-bond donors (Lipinski definition) is 1. The first-order chi connectivity index (χ1) is 8.54. The summed E-state index contributed by atoms with van der Waals surface area (Å²) in [6.45, 7) is 14.0. The lowest BCUT2D eigenvalue weighted by atomic mass is 10.1. The van der Waals surface area contributed by atoms with Gasteiger partial charge < -0.3 is 10.2 Å². The van der Waals surface area contributed by atoms with E-state index < -0.39 is 0 Å². The molecule has 0 spiro atoms. The quantitative estimate of drug-likeness (QED) is 0.704. The molecule has 2 atom stereocenters. The van der Waals surface area contributed by atoms with Crippen molar-refractivity contribution in [2.45, 2.75) is 65.1 Å². The maximum Gasteiger partial charge on any atom is 0.0218 e. The molecule has 1 aliphatic rings. The molecule has 1 N–H and O–H groups in total. The number of nitrogens with zero attached hydrogens (tertiary/aromatic N) is 2. The van der Waals surface area contributed by atoms with Crippen LogP contribution in [0, 0.1) is 0 Å². The second-order valence-electron chi connectivity index (χ2n) is 6.15. The standard InChI is InChI=1S/C15H33N3/c1-6-15-11-16-14(4)12-18(15)10-8-7-9-17(5)13(2)3/h13-16H,6-12H2,1-5H3. The fourth-order valence-electron chi connectivity index (χ4n) is 2.64. The van der Waals surface area contributed by atoms with Crippen molar-refractivity contribution in [2.75, 3.05) is 33.2 Å². The van der Waals surface area contributed by atoms with Crippen molar-refractivity contribution in [3.8, 4) is 0 Å². The van der Waals surface area contributed by atoms with Crippen molar-refractivity contribution in [2.24, 2.45) is 0 Å². The molecular weight excluding hydrogens is 222 g/mol. The first-order valence-corrected chi connectivity index (χ1v) is 7.72. The Morgan fingerprint density at radius 2 is 2.06 bits per heavy atom. The molecule has 0 aliphatic carbocycles. The Labute approximate surface area is 114 Å². The van der Waals surface area contributed by atoms with Crippen LogP contribution < -0.4 is 5.32 Å². The van der Waals surface area contributed by atoms with Crippen LogP contribution in [0.3, 0.4) is 0 Å². The summed E-state index contributed by atoms with van der Waals surface area (Å²) >= 11 is 0. The maximum atomic E-state index is 3.59. The molecule has 0 saturated carbocycles. The highest BCUT2D eigenvalue weighted by atomic mass is 15.2. The van der Waals surface area contributed by atoms with Crippen molar-refractivity contribution in [3.05, 3.63) is 0 Å². The highest BCUT2D eigenvalue weighted by molar-refractivity contribution is 4.83. The van der Waals surface area contributed by atoms with Gasteiger partial charge in [0.25, 0.3) is 0 Å². The zero-order valence-electron chi connectivity index (χ0n) is 13.1. The zero-order chi connectivity index (χ0) is 13.5. The normalized spacial score (nSPS) is 26.2. The Morgan fingerprint density at radius 1 is 1.33 bits per heavy atom. The van der Waals surface area contributed by atoms with E-state index in [4.69, 9.17) is 0 Å². The van der Waals surface area contributed by atoms with Crippen molar-refractivity contribution in [1.29, 1.82) is 0 Å². The van der Waals surface area contributed by atoms with Crippen LogP contribution in [0.2, 0.25) is 0 Å². The van der Waals surface area contributed by atoms with Gasteiger partial charge in [-0.2, -0.15) is 0 Å². The minimum absolute atomic E-state index is 0.658. The Balaban J connectivity index is 2.20. The van der Waals surface area contributed by atoms with Crippen molar-refractivity contribution in [1.82, 2.24) is 15.1 Å². The van der Waals surface area contributed by atoms with Crippen molar-refractivity contribution in [3.63, 3.8) is 0 Å². The molecule has 0 aromatic rings. The number of nitrogens with one attached hydrogen (secondary N) is 1. The van der Waals surface area contributed by atoms with E-state index in [2.05, 4.69) is 49.9 Å². The fourth-order valence-corrected chi connectivity index (χ4v) is 2.64. The smallest absolute Gasteiger partial charge is 0.0218 e. The second kappa shape index (κ2) is 8.13. The summed E-state index contributed by atoms with van der Waals surface area (Å²) in [6.07, 6.45) is 3.93. The Kier molecular flexibility index (Phi) is 7.20. The Hall–Kier alpha value is -0.120. The fraction of sp³-hybridized carbons (Fsp3) is 1.00. The van der Waals surface area contributed by atoms with Gasteiger partial charge in [0.15, 0.2) is 0 Å². The molecule has 1 saturated heterocycles. The van der Waals surface area contributed by atoms with Crippen LogP contribution in [0.15, 0.2) is 0 Å². The summed E-state index contributed by atoms with van der Waals surface area (Å²) in [7, 11) is 2.23. The van der Waals surface area contributed by atoms with Crippen molar-refractivity contribution < 1.29 is 0 Å². The average molecular weight is 255 g/mol. The highest BCUT2D eigenvalue weighted by Crippen LogP contribution is 2.11. The largest absolute Gasteiger partial charge is 0.311 e. The van der Waals surface area contributed by atoms with Gasteiger partial charge in [-0.3, -0.25) is 4.90 Å². The molecule has 1 aliphatic heterocycles. The maximum absolute atomic E-state index is 3.59. The lowest BCUT2D eigenvalue weighted by Crippen LogP contribution is -2.55. The van der Waals surface area contributed by atoms with Crippen LogP contribution >= 0.6 is 0 Å². The molecule has 0 aromatic carbocycles. The van der Waals surface area contributed by atoms with E-state index in [1.165, 1.54) is 45.4 Å². The third kappa shape index (κ3) is 5.25. The highest BCUT2D eigenvalue weighted by Gasteiger charge is 2.23. The van der Waals surface area contributed by atoms with E-state index in [9.17, 15) is 0 Å². The molecule has 1 rings (SSSR count). The van der Waals surface area contributed by atoms with Crippen LogP contribution in [-0.2, 0) is 0 Å². The summed E-state index contributed by atoms with van der Waals surface area (Å²) in [6, 6.07) is 2.09. The van der Waals surface area contributed by atoms with Crippen LogP contribution in [-0.4, -0.2) is 61.2 Å². The summed E-state index contributed by atoms with van der Waals surface area (Å²) < 4.78 is 0. The molecule has 3 heteroatoms. The SMILES string of the molecule is CCC1CNC(C)CN1CCCCN(C)C(C)C. The number of unbranched alkanes of at least 4 members (excludes halogenated alkanes) is 1. The zero-order valence-corrected chi connectivity index (χ0v) is 13.1. The summed E-state index contributed by atoms with van der Waals surface area (Å²) in [4.78, 5) is 5.13. The lowest BCUT2D eigenvalue weighted by Gasteiger charge is -2.39. The van der Waals surface area contributed by atoms with Crippen LogP contribution in [0.5, 0.6) is 0 Å². The van der Waals surface area contributed by atoms with Crippen LogP contribution in [0.4, 0.5) is 0 Å². The molecule has 1 fully saturated rings. The molecule has 0 bridgehead atoms. The average Bonchev–Trinajstić information content (AvgIpc) is 2.34. The number of hydrogen-bond acceptors (Lipinski definition) is 3. The molecule has 1 heterocycles. The molecular formula is C15H33N3. The van der Waals surface area contributed by atoms with Gasteiger partial charge in [0.2, 0.25) is 0 Å². The van der Waals surface area contributed by atoms with E-state index in [-0.39, 0.29) is 0 Å². The van der Waals surface area contributed by atoms with Gasteiger partial charge in [-0.1, -0.05) is 6.92 Å². The molecule has 0 aromatic heterocycles.